The zero-order valence-corrected chi connectivity index (χ0v) is 7.28. The van der Waals surface area contributed by atoms with E-state index in [9.17, 15) is 0 Å². The normalized spacial score (nSPS) is 10.9. The predicted octanol–water partition coefficient (Wildman–Crippen LogP) is 0.891. The fourth-order valence-corrected chi connectivity index (χ4v) is 0.980. The Labute approximate surface area is 66.6 Å². The van der Waals surface area contributed by atoms with Gasteiger partial charge < -0.3 is 0 Å². The Kier molecular flexibility index (Phi) is 2.57. The van der Waals surface area contributed by atoms with Crippen LogP contribution in [0.2, 0.25) is 0 Å². The summed E-state index contributed by atoms with van der Waals surface area (Å²) in [6, 6.07) is 0. The lowest BCUT2D eigenvalue weighted by Crippen LogP contribution is -2.06. The van der Waals surface area contributed by atoms with Crippen molar-refractivity contribution in [2.75, 3.05) is 0 Å². The highest BCUT2D eigenvalue weighted by Gasteiger charge is 2.05. The van der Waals surface area contributed by atoms with Gasteiger partial charge in [-0.05, 0) is 23.3 Å². The van der Waals surface area contributed by atoms with Gasteiger partial charge in [0.25, 0.3) is 0 Å². The number of nitrogens with zero attached hydrogens (tertiary/aromatic N) is 4. The molecule has 1 rings (SSSR count). The van der Waals surface area contributed by atoms with E-state index in [-0.39, 0.29) is 0 Å². The van der Waals surface area contributed by atoms with Crippen molar-refractivity contribution < 1.29 is 0 Å². The Morgan fingerprint density at radius 3 is 2.73 bits per heavy atom. The first-order valence-corrected chi connectivity index (χ1v) is 3.99. The standard InChI is InChI=1S/C7H14N4/c1-4-11-7(5-6(2)3)8-9-10-11/h6H,4-5H2,1-3H3. The van der Waals surface area contributed by atoms with Crippen LogP contribution >= 0.6 is 0 Å². The Morgan fingerprint density at radius 2 is 2.18 bits per heavy atom. The third-order valence-corrected chi connectivity index (χ3v) is 1.50. The van der Waals surface area contributed by atoms with Crippen LogP contribution < -0.4 is 0 Å². The molecule has 0 N–H and O–H groups in total. The number of hydrogen-bond acceptors (Lipinski definition) is 3. The molecule has 0 saturated carbocycles. The molecule has 0 fully saturated rings. The summed E-state index contributed by atoms with van der Waals surface area (Å²) in [6.07, 6.45) is 0.959. The highest BCUT2D eigenvalue weighted by atomic mass is 15.5. The third-order valence-electron chi connectivity index (χ3n) is 1.50. The molecule has 4 heteroatoms. The van der Waals surface area contributed by atoms with Crippen LogP contribution in [0, 0.1) is 5.92 Å². The van der Waals surface area contributed by atoms with Gasteiger partial charge in [-0.1, -0.05) is 13.8 Å². The van der Waals surface area contributed by atoms with Gasteiger partial charge in [-0.3, -0.25) is 0 Å². The number of hydrogen-bond donors (Lipinski definition) is 0. The van der Waals surface area contributed by atoms with E-state index in [1.54, 1.807) is 0 Å². The lowest BCUT2D eigenvalue weighted by Gasteiger charge is -2.02. The smallest absolute Gasteiger partial charge is 0.151 e. The first-order valence-electron chi connectivity index (χ1n) is 3.99. The van der Waals surface area contributed by atoms with E-state index in [2.05, 4.69) is 29.4 Å². The predicted molar refractivity (Wildman–Crippen MR) is 42.0 cm³/mol. The number of tetrazole rings is 1. The number of aryl methyl sites for hydroxylation is 1. The average Bonchev–Trinajstić information content (AvgIpc) is 2.34. The molecule has 0 radical (unpaired) electrons. The van der Waals surface area contributed by atoms with Crippen molar-refractivity contribution in [3.8, 4) is 0 Å². The quantitative estimate of drug-likeness (QED) is 0.649. The molecule has 0 atom stereocenters. The maximum Gasteiger partial charge on any atom is 0.151 e. The minimum Gasteiger partial charge on any atom is -0.230 e. The summed E-state index contributed by atoms with van der Waals surface area (Å²) >= 11 is 0. The maximum atomic E-state index is 3.93. The second-order valence-corrected chi connectivity index (χ2v) is 3.01. The van der Waals surface area contributed by atoms with Crippen molar-refractivity contribution in [1.29, 1.82) is 0 Å². The summed E-state index contributed by atoms with van der Waals surface area (Å²) in [5.74, 6) is 1.61. The molecule has 0 saturated heterocycles. The minimum absolute atomic E-state index is 0.617. The SMILES string of the molecule is CCn1nnnc1CC(C)C. The Hall–Kier alpha value is -0.930. The molecule has 0 amide bonds. The zero-order chi connectivity index (χ0) is 8.27. The molecule has 62 valence electrons. The average molecular weight is 154 g/mol. The van der Waals surface area contributed by atoms with Gasteiger partial charge in [0, 0.05) is 13.0 Å². The first-order chi connectivity index (χ1) is 5.24. The van der Waals surface area contributed by atoms with Crippen molar-refractivity contribution in [2.45, 2.75) is 33.7 Å². The summed E-state index contributed by atoms with van der Waals surface area (Å²) in [6.45, 7) is 7.22. The van der Waals surface area contributed by atoms with Crippen molar-refractivity contribution >= 4 is 0 Å². The summed E-state index contributed by atoms with van der Waals surface area (Å²) in [5.41, 5.74) is 0. The van der Waals surface area contributed by atoms with E-state index in [4.69, 9.17) is 0 Å². The van der Waals surface area contributed by atoms with Gasteiger partial charge in [-0.2, -0.15) is 0 Å². The zero-order valence-electron chi connectivity index (χ0n) is 7.28. The van der Waals surface area contributed by atoms with E-state index in [0.29, 0.717) is 5.92 Å². The third kappa shape index (κ3) is 2.00. The van der Waals surface area contributed by atoms with Gasteiger partial charge >= 0.3 is 0 Å². The molecule has 4 nitrogen and oxygen atoms in total. The lowest BCUT2D eigenvalue weighted by molar-refractivity contribution is 0.549. The van der Waals surface area contributed by atoms with Crippen LogP contribution in [0.5, 0.6) is 0 Å². The first kappa shape index (κ1) is 8.17. The van der Waals surface area contributed by atoms with Crippen LogP contribution in [0.15, 0.2) is 0 Å². The van der Waals surface area contributed by atoms with Crippen molar-refractivity contribution in [3.05, 3.63) is 5.82 Å². The van der Waals surface area contributed by atoms with E-state index in [1.165, 1.54) is 0 Å². The summed E-state index contributed by atoms with van der Waals surface area (Å²) < 4.78 is 1.83. The molecule has 1 aromatic heterocycles. The van der Waals surface area contributed by atoms with Crippen LogP contribution in [0.25, 0.3) is 0 Å². The van der Waals surface area contributed by atoms with Gasteiger partial charge in [0.1, 0.15) is 0 Å². The van der Waals surface area contributed by atoms with Gasteiger partial charge in [-0.15, -0.1) is 5.10 Å². The molecule has 1 heterocycles. The van der Waals surface area contributed by atoms with Gasteiger partial charge in [0.2, 0.25) is 0 Å². The Morgan fingerprint density at radius 1 is 1.45 bits per heavy atom. The molecule has 0 aliphatic rings. The monoisotopic (exact) mass is 154 g/mol. The van der Waals surface area contributed by atoms with E-state index in [0.717, 1.165) is 18.8 Å². The van der Waals surface area contributed by atoms with Gasteiger partial charge in [0.05, 0.1) is 0 Å². The lowest BCUT2D eigenvalue weighted by atomic mass is 10.1. The highest BCUT2D eigenvalue weighted by Crippen LogP contribution is 2.02. The van der Waals surface area contributed by atoms with Crippen molar-refractivity contribution in [2.24, 2.45) is 5.92 Å². The molecular formula is C7H14N4. The van der Waals surface area contributed by atoms with Crippen LogP contribution in [0.1, 0.15) is 26.6 Å². The molecule has 11 heavy (non-hydrogen) atoms. The summed E-state index contributed by atoms with van der Waals surface area (Å²) in [4.78, 5) is 0. The van der Waals surface area contributed by atoms with Crippen LogP contribution in [0.4, 0.5) is 0 Å². The summed E-state index contributed by atoms with van der Waals surface area (Å²) in [7, 11) is 0. The molecule has 0 unspecified atom stereocenters. The van der Waals surface area contributed by atoms with Crippen LogP contribution in [-0.2, 0) is 13.0 Å². The molecular weight excluding hydrogens is 140 g/mol. The topological polar surface area (TPSA) is 43.6 Å². The molecule has 1 aromatic rings. The Bertz CT molecular complexity index is 216. The number of aromatic nitrogens is 4. The molecule has 0 spiro atoms. The largest absolute Gasteiger partial charge is 0.230 e. The van der Waals surface area contributed by atoms with E-state index < -0.39 is 0 Å². The fraction of sp³-hybridized carbons (Fsp3) is 0.857. The second-order valence-electron chi connectivity index (χ2n) is 3.01. The van der Waals surface area contributed by atoms with E-state index >= 15 is 0 Å². The highest BCUT2D eigenvalue weighted by molar-refractivity contribution is 4.81. The molecule has 0 aliphatic carbocycles. The van der Waals surface area contributed by atoms with Gasteiger partial charge in [-0.25, -0.2) is 4.68 Å². The van der Waals surface area contributed by atoms with Crippen molar-refractivity contribution in [1.82, 2.24) is 20.2 Å². The van der Waals surface area contributed by atoms with Crippen molar-refractivity contribution in [3.63, 3.8) is 0 Å². The van der Waals surface area contributed by atoms with Gasteiger partial charge in [0.15, 0.2) is 5.82 Å². The Balaban J connectivity index is 2.68. The number of rotatable bonds is 3. The minimum atomic E-state index is 0.617. The summed E-state index contributed by atoms with van der Waals surface area (Å²) in [5, 5.41) is 11.4. The molecule has 0 aromatic carbocycles. The van der Waals surface area contributed by atoms with Crippen LogP contribution in [0.3, 0.4) is 0 Å². The maximum absolute atomic E-state index is 3.93. The molecule has 0 aliphatic heterocycles. The second kappa shape index (κ2) is 3.46. The molecule has 0 bridgehead atoms. The van der Waals surface area contributed by atoms with Crippen LogP contribution in [-0.4, -0.2) is 20.2 Å². The fourth-order valence-electron chi connectivity index (χ4n) is 0.980. The van der Waals surface area contributed by atoms with E-state index in [1.807, 2.05) is 11.6 Å².